The second-order valence-electron chi connectivity index (χ2n) is 6.22. The number of carbonyl (C=O) groups is 1. The van der Waals surface area contributed by atoms with Gasteiger partial charge in [0.1, 0.15) is 0 Å². The van der Waals surface area contributed by atoms with Crippen LogP contribution in [0.5, 0.6) is 0 Å². The molecule has 3 heterocycles. The number of aromatic amines is 1. The van der Waals surface area contributed by atoms with E-state index in [1.54, 1.807) is 12.1 Å². The van der Waals surface area contributed by atoms with E-state index in [2.05, 4.69) is 20.5 Å². The van der Waals surface area contributed by atoms with Crippen molar-refractivity contribution in [3.05, 3.63) is 83.4 Å². The zero-order chi connectivity index (χ0) is 19.1. The van der Waals surface area contributed by atoms with Gasteiger partial charge in [-0.25, -0.2) is 14.5 Å². The highest BCUT2D eigenvalue weighted by atomic mass is 16.2. The first kappa shape index (κ1) is 16.0. The first-order chi connectivity index (χ1) is 13.7. The van der Waals surface area contributed by atoms with Crippen molar-refractivity contribution in [2.75, 3.05) is 5.32 Å². The topological polar surface area (TPSA) is 97.6 Å². The lowest BCUT2D eigenvalue weighted by atomic mass is 10.2. The van der Waals surface area contributed by atoms with Gasteiger partial charge in [0.2, 0.25) is 0 Å². The SMILES string of the molecule is O=C(Nc1ccccc1)n1ncc2c3[nH]n(-c4ccccc4)c(=O)c3cnc21. The van der Waals surface area contributed by atoms with E-state index in [0.29, 0.717) is 33.3 Å². The molecule has 0 radical (unpaired) electrons. The third-order valence-corrected chi connectivity index (χ3v) is 4.49. The van der Waals surface area contributed by atoms with Gasteiger partial charge in [0, 0.05) is 11.9 Å². The van der Waals surface area contributed by atoms with Gasteiger partial charge in [0.25, 0.3) is 5.56 Å². The number of pyridine rings is 1. The molecule has 5 rings (SSSR count). The summed E-state index contributed by atoms with van der Waals surface area (Å²) in [6.07, 6.45) is 2.99. The van der Waals surface area contributed by atoms with Crippen LogP contribution in [-0.2, 0) is 0 Å². The van der Waals surface area contributed by atoms with E-state index >= 15 is 0 Å². The summed E-state index contributed by atoms with van der Waals surface area (Å²) in [6, 6.07) is 17.9. The first-order valence-electron chi connectivity index (χ1n) is 8.62. The molecule has 0 bridgehead atoms. The lowest BCUT2D eigenvalue weighted by Gasteiger charge is -2.04. The molecule has 0 saturated heterocycles. The van der Waals surface area contributed by atoms with Crippen LogP contribution in [0.4, 0.5) is 10.5 Å². The quantitative estimate of drug-likeness (QED) is 0.499. The van der Waals surface area contributed by atoms with Gasteiger partial charge in [-0.3, -0.25) is 9.89 Å². The van der Waals surface area contributed by atoms with E-state index in [1.807, 2.05) is 48.5 Å². The molecule has 0 unspecified atom stereocenters. The van der Waals surface area contributed by atoms with Gasteiger partial charge in [0.05, 0.1) is 28.2 Å². The van der Waals surface area contributed by atoms with Crippen molar-refractivity contribution in [3.63, 3.8) is 0 Å². The average Bonchev–Trinajstić information content (AvgIpc) is 3.31. The van der Waals surface area contributed by atoms with Crippen molar-refractivity contribution in [1.29, 1.82) is 0 Å². The number of rotatable bonds is 2. The Kier molecular flexibility index (Phi) is 3.55. The number of nitrogens with zero attached hydrogens (tertiary/aromatic N) is 4. The minimum absolute atomic E-state index is 0.211. The molecule has 28 heavy (non-hydrogen) atoms. The zero-order valence-electron chi connectivity index (χ0n) is 14.5. The molecule has 0 spiro atoms. The van der Waals surface area contributed by atoms with Crippen molar-refractivity contribution in [1.82, 2.24) is 24.5 Å². The van der Waals surface area contributed by atoms with Gasteiger partial charge in [-0.1, -0.05) is 36.4 Å². The number of fused-ring (bicyclic) bond motifs is 3. The van der Waals surface area contributed by atoms with Crippen molar-refractivity contribution < 1.29 is 4.79 Å². The Morgan fingerprint density at radius 2 is 1.64 bits per heavy atom. The Morgan fingerprint density at radius 3 is 2.39 bits per heavy atom. The Balaban J connectivity index is 1.62. The molecule has 1 amide bonds. The molecule has 8 nitrogen and oxygen atoms in total. The summed E-state index contributed by atoms with van der Waals surface area (Å²) in [4.78, 5) is 29.6. The van der Waals surface area contributed by atoms with Gasteiger partial charge in [-0.05, 0) is 24.3 Å². The van der Waals surface area contributed by atoms with Crippen LogP contribution in [0, 0.1) is 0 Å². The van der Waals surface area contributed by atoms with Crippen molar-refractivity contribution >= 4 is 33.7 Å². The van der Waals surface area contributed by atoms with E-state index in [-0.39, 0.29) is 5.56 Å². The molecule has 3 aromatic heterocycles. The summed E-state index contributed by atoms with van der Waals surface area (Å²) in [7, 11) is 0. The summed E-state index contributed by atoms with van der Waals surface area (Å²) in [5, 5.41) is 11.1. The summed E-state index contributed by atoms with van der Waals surface area (Å²) < 4.78 is 2.63. The highest BCUT2D eigenvalue weighted by Crippen LogP contribution is 2.21. The molecule has 136 valence electrons. The summed E-state index contributed by atoms with van der Waals surface area (Å²) >= 11 is 0. The predicted molar refractivity (Wildman–Crippen MR) is 106 cm³/mol. The van der Waals surface area contributed by atoms with Crippen LogP contribution < -0.4 is 10.9 Å². The molecule has 0 aliphatic carbocycles. The van der Waals surface area contributed by atoms with Crippen molar-refractivity contribution in [2.24, 2.45) is 0 Å². The molecule has 8 heteroatoms. The van der Waals surface area contributed by atoms with Crippen LogP contribution in [0.15, 0.2) is 77.9 Å². The second-order valence-corrected chi connectivity index (χ2v) is 6.22. The Bertz CT molecular complexity index is 1370. The fraction of sp³-hybridized carbons (Fsp3) is 0. The summed E-state index contributed by atoms with van der Waals surface area (Å²) in [5.41, 5.74) is 2.10. The summed E-state index contributed by atoms with van der Waals surface area (Å²) in [6.45, 7) is 0. The van der Waals surface area contributed by atoms with Crippen molar-refractivity contribution in [2.45, 2.75) is 0 Å². The van der Waals surface area contributed by atoms with Gasteiger partial charge < -0.3 is 5.32 Å². The zero-order valence-corrected chi connectivity index (χ0v) is 14.5. The smallest absolute Gasteiger partial charge is 0.306 e. The van der Waals surface area contributed by atoms with Gasteiger partial charge in [-0.2, -0.15) is 9.78 Å². The van der Waals surface area contributed by atoms with Gasteiger partial charge in [-0.15, -0.1) is 0 Å². The van der Waals surface area contributed by atoms with Crippen LogP contribution in [0.25, 0.3) is 27.6 Å². The van der Waals surface area contributed by atoms with E-state index in [9.17, 15) is 9.59 Å². The first-order valence-corrected chi connectivity index (χ1v) is 8.62. The van der Waals surface area contributed by atoms with Crippen molar-refractivity contribution in [3.8, 4) is 5.69 Å². The monoisotopic (exact) mass is 370 g/mol. The number of hydrogen-bond acceptors (Lipinski definition) is 4. The van der Waals surface area contributed by atoms with Crippen LogP contribution in [0.2, 0.25) is 0 Å². The standard InChI is InChI=1S/C20H14N6O2/c27-19-16-11-21-18-15(17(16)24-25(19)14-9-5-2-6-10-14)12-22-26(18)20(28)23-13-7-3-1-4-8-13/h1-12,24H,(H,23,28). The molecule has 0 fully saturated rings. The molecular formula is C20H14N6O2. The van der Waals surface area contributed by atoms with Gasteiger partial charge in [0.15, 0.2) is 5.65 Å². The molecule has 0 aliphatic heterocycles. The van der Waals surface area contributed by atoms with E-state index < -0.39 is 6.03 Å². The normalized spacial score (nSPS) is 11.1. The molecule has 2 aromatic carbocycles. The minimum atomic E-state index is -0.433. The minimum Gasteiger partial charge on any atom is -0.306 e. The van der Waals surface area contributed by atoms with E-state index in [1.165, 1.54) is 21.8 Å². The number of aromatic nitrogens is 5. The lowest BCUT2D eigenvalue weighted by molar-refractivity contribution is 0.251. The Hall–Kier alpha value is -4.20. The molecule has 0 atom stereocenters. The number of amides is 1. The number of anilines is 1. The van der Waals surface area contributed by atoms with Crippen LogP contribution >= 0.6 is 0 Å². The van der Waals surface area contributed by atoms with E-state index in [0.717, 1.165) is 0 Å². The molecular weight excluding hydrogens is 356 g/mol. The number of carbonyl (C=O) groups excluding carboxylic acids is 1. The van der Waals surface area contributed by atoms with Crippen LogP contribution in [0.1, 0.15) is 0 Å². The maximum Gasteiger partial charge on any atom is 0.348 e. The largest absolute Gasteiger partial charge is 0.348 e. The number of para-hydroxylation sites is 2. The number of hydrogen-bond donors (Lipinski definition) is 2. The maximum atomic E-state index is 12.7. The molecule has 2 N–H and O–H groups in total. The Morgan fingerprint density at radius 1 is 0.929 bits per heavy atom. The highest BCUT2D eigenvalue weighted by Gasteiger charge is 2.17. The third-order valence-electron chi connectivity index (χ3n) is 4.49. The molecule has 0 aliphatic rings. The average molecular weight is 370 g/mol. The molecule has 0 saturated carbocycles. The maximum absolute atomic E-state index is 12.7. The van der Waals surface area contributed by atoms with Crippen LogP contribution in [0.3, 0.4) is 0 Å². The number of nitrogens with one attached hydrogen (secondary N) is 2. The number of H-pyrrole nitrogens is 1. The van der Waals surface area contributed by atoms with E-state index in [4.69, 9.17) is 0 Å². The third kappa shape index (κ3) is 2.47. The van der Waals surface area contributed by atoms with Gasteiger partial charge >= 0.3 is 6.03 Å². The predicted octanol–water partition coefficient (Wildman–Crippen LogP) is 3.14. The molecule has 5 aromatic rings. The Labute approximate surface area is 158 Å². The lowest BCUT2D eigenvalue weighted by Crippen LogP contribution is -2.20. The summed E-state index contributed by atoms with van der Waals surface area (Å²) in [5.74, 6) is 0. The highest BCUT2D eigenvalue weighted by molar-refractivity contribution is 6.05. The number of benzene rings is 2. The van der Waals surface area contributed by atoms with Crippen LogP contribution in [-0.4, -0.2) is 30.6 Å². The fourth-order valence-corrected chi connectivity index (χ4v) is 3.15. The fourth-order valence-electron chi connectivity index (χ4n) is 3.15. The second kappa shape index (κ2) is 6.20.